The third kappa shape index (κ3) is 2.58. The highest BCUT2D eigenvalue weighted by Gasteiger charge is 2.31. The van der Waals surface area contributed by atoms with E-state index in [0.717, 1.165) is 6.42 Å². The molecule has 8 heteroatoms. The van der Waals surface area contributed by atoms with Gasteiger partial charge in [0.2, 0.25) is 11.8 Å². The number of nitro groups is 1. The Morgan fingerprint density at radius 1 is 1.58 bits per heavy atom. The summed E-state index contributed by atoms with van der Waals surface area (Å²) in [7, 11) is 1.67. The van der Waals surface area contributed by atoms with Crippen molar-refractivity contribution in [1.29, 1.82) is 0 Å². The minimum absolute atomic E-state index is 0.0578. The van der Waals surface area contributed by atoms with Gasteiger partial charge < -0.3 is 15.3 Å². The molecule has 2 N–H and O–H groups in total. The molecule has 1 aliphatic rings. The van der Waals surface area contributed by atoms with Gasteiger partial charge in [0.15, 0.2) is 0 Å². The quantitative estimate of drug-likeness (QED) is 0.606. The van der Waals surface area contributed by atoms with E-state index in [-0.39, 0.29) is 18.2 Å². The predicted molar refractivity (Wildman–Crippen MR) is 70.4 cm³/mol. The standard InChI is InChI=1S/C11H17N5O3/c1-7-9(16(18)19)10(14-11(12-2)13-7)15-4-3-8(5-15)6-17/h8,17H,3-6H2,1-2H3,(H,12,13,14). The van der Waals surface area contributed by atoms with E-state index in [4.69, 9.17) is 5.11 Å². The van der Waals surface area contributed by atoms with Gasteiger partial charge in [0.1, 0.15) is 5.69 Å². The number of aliphatic hydroxyl groups excluding tert-OH is 1. The molecule has 19 heavy (non-hydrogen) atoms. The Balaban J connectivity index is 2.42. The summed E-state index contributed by atoms with van der Waals surface area (Å²) >= 11 is 0. The Hall–Kier alpha value is -1.96. The molecule has 0 amide bonds. The average Bonchev–Trinajstić information content (AvgIpc) is 2.85. The van der Waals surface area contributed by atoms with Crippen LogP contribution in [-0.2, 0) is 0 Å². The Morgan fingerprint density at radius 3 is 2.84 bits per heavy atom. The van der Waals surface area contributed by atoms with E-state index in [1.54, 1.807) is 14.0 Å². The maximum Gasteiger partial charge on any atom is 0.332 e. The summed E-state index contributed by atoms with van der Waals surface area (Å²) in [5.74, 6) is 0.844. The van der Waals surface area contributed by atoms with Gasteiger partial charge in [0.25, 0.3) is 0 Å². The molecule has 104 valence electrons. The maximum atomic E-state index is 11.2. The van der Waals surface area contributed by atoms with Crippen molar-refractivity contribution in [2.24, 2.45) is 5.92 Å². The Bertz CT molecular complexity index is 493. The molecule has 1 atom stereocenters. The van der Waals surface area contributed by atoms with Crippen molar-refractivity contribution in [1.82, 2.24) is 9.97 Å². The highest BCUT2D eigenvalue weighted by molar-refractivity contribution is 5.62. The number of rotatable bonds is 4. The lowest BCUT2D eigenvalue weighted by Gasteiger charge is -2.18. The number of hydrogen-bond donors (Lipinski definition) is 2. The van der Waals surface area contributed by atoms with E-state index in [1.165, 1.54) is 0 Å². The second-order valence-electron chi connectivity index (χ2n) is 4.60. The summed E-state index contributed by atoms with van der Waals surface area (Å²) in [5.41, 5.74) is 0.282. The number of aliphatic hydroxyl groups is 1. The zero-order valence-corrected chi connectivity index (χ0v) is 11.0. The number of nitrogens with one attached hydrogen (secondary N) is 1. The molecule has 1 saturated heterocycles. The van der Waals surface area contributed by atoms with Crippen LogP contribution in [0, 0.1) is 23.0 Å². The predicted octanol–water partition coefficient (Wildman–Crippen LogP) is 0.554. The molecule has 0 saturated carbocycles. The number of nitrogens with zero attached hydrogens (tertiary/aromatic N) is 4. The molecule has 8 nitrogen and oxygen atoms in total. The summed E-state index contributed by atoms with van der Waals surface area (Å²) in [6, 6.07) is 0. The topological polar surface area (TPSA) is 104 Å². The van der Waals surface area contributed by atoms with Gasteiger partial charge >= 0.3 is 5.69 Å². The van der Waals surface area contributed by atoms with Crippen LogP contribution in [0.15, 0.2) is 0 Å². The molecular weight excluding hydrogens is 250 g/mol. The largest absolute Gasteiger partial charge is 0.396 e. The molecule has 1 unspecified atom stereocenters. The van der Waals surface area contributed by atoms with E-state index in [9.17, 15) is 10.1 Å². The van der Waals surface area contributed by atoms with Crippen molar-refractivity contribution < 1.29 is 10.0 Å². The highest BCUT2D eigenvalue weighted by Crippen LogP contribution is 2.32. The third-order valence-corrected chi connectivity index (χ3v) is 3.29. The van der Waals surface area contributed by atoms with Crippen LogP contribution in [0.2, 0.25) is 0 Å². The molecule has 1 fully saturated rings. The van der Waals surface area contributed by atoms with Crippen molar-refractivity contribution in [3.8, 4) is 0 Å². The third-order valence-electron chi connectivity index (χ3n) is 3.29. The van der Waals surface area contributed by atoms with Crippen molar-refractivity contribution in [3.05, 3.63) is 15.8 Å². The molecule has 1 aromatic rings. The van der Waals surface area contributed by atoms with Gasteiger partial charge in [0, 0.05) is 32.7 Å². The van der Waals surface area contributed by atoms with Gasteiger partial charge in [-0.25, -0.2) is 4.98 Å². The van der Waals surface area contributed by atoms with Crippen LogP contribution in [0.5, 0.6) is 0 Å². The first-order chi connectivity index (χ1) is 9.06. The average molecular weight is 267 g/mol. The smallest absolute Gasteiger partial charge is 0.332 e. The maximum absolute atomic E-state index is 11.2. The Labute approximate surface area is 110 Å². The van der Waals surface area contributed by atoms with Gasteiger partial charge in [-0.2, -0.15) is 4.98 Å². The summed E-state index contributed by atoms with van der Waals surface area (Å²) in [6.07, 6.45) is 0.811. The number of anilines is 2. The monoisotopic (exact) mass is 267 g/mol. The van der Waals surface area contributed by atoms with E-state index >= 15 is 0 Å². The number of aromatic nitrogens is 2. The molecule has 0 spiro atoms. The van der Waals surface area contributed by atoms with Crippen LogP contribution < -0.4 is 10.2 Å². The molecule has 0 radical (unpaired) electrons. The van der Waals surface area contributed by atoms with Crippen LogP contribution in [0.4, 0.5) is 17.5 Å². The van der Waals surface area contributed by atoms with E-state index in [2.05, 4.69) is 15.3 Å². The summed E-state index contributed by atoms with van der Waals surface area (Å²) in [4.78, 5) is 20.8. The summed E-state index contributed by atoms with van der Waals surface area (Å²) < 4.78 is 0. The fourth-order valence-electron chi connectivity index (χ4n) is 2.27. The van der Waals surface area contributed by atoms with Crippen LogP contribution in [0.3, 0.4) is 0 Å². The molecule has 2 rings (SSSR count). The zero-order chi connectivity index (χ0) is 14.0. The van der Waals surface area contributed by atoms with Crippen molar-refractivity contribution in [3.63, 3.8) is 0 Å². The van der Waals surface area contributed by atoms with Crippen LogP contribution >= 0.6 is 0 Å². The van der Waals surface area contributed by atoms with Crippen LogP contribution in [-0.4, -0.2) is 46.7 Å². The van der Waals surface area contributed by atoms with Gasteiger partial charge in [-0.15, -0.1) is 0 Å². The number of aryl methyl sites for hydroxylation is 1. The zero-order valence-electron chi connectivity index (χ0n) is 11.0. The number of hydrogen-bond acceptors (Lipinski definition) is 7. The SMILES string of the molecule is CNc1nc(C)c([N+](=O)[O-])c(N2CCC(CO)C2)n1. The Kier molecular flexibility index (Phi) is 3.79. The molecule has 1 aromatic heterocycles. The lowest BCUT2D eigenvalue weighted by molar-refractivity contribution is -0.385. The minimum atomic E-state index is -0.448. The molecule has 0 aromatic carbocycles. The van der Waals surface area contributed by atoms with E-state index in [0.29, 0.717) is 30.5 Å². The first kappa shape index (κ1) is 13.5. The minimum Gasteiger partial charge on any atom is -0.396 e. The van der Waals surface area contributed by atoms with Crippen molar-refractivity contribution in [2.45, 2.75) is 13.3 Å². The summed E-state index contributed by atoms with van der Waals surface area (Å²) in [5, 5.41) is 23.1. The molecule has 0 bridgehead atoms. The second kappa shape index (κ2) is 5.35. The van der Waals surface area contributed by atoms with Crippen molar-refractivity contribution in [2.75, 3.05) is 37.0 Å². The lowest BCUT2D eigenvalue weighted by Crippen LogP contribution is -2.24. The van der Waals surface area contributed by atoms with E-state index < -0.39 is 4.92 Å². The molecular formula is C11H17N5O3. The van der Waals surface area contributed by atoms with Gasteiger partial charge in [-0.05, 0) is 13.3 Å². The first-order valence-corrected chi connectivity index (χ1v) is 6.13. The lowest BCUT2D eigenvalue weighted by atomic mass is 10.1. The second-order valence-corrected chi connectivity index (χ2v) is 4.60. The Morgan fingerprint density at radius 2 is 2.32 bits per heavy atom. The van der Waals surface area contributed by atoms with Crippen LogP contribution in [0.1, 0.15) is 12.1 Å². The van der Waals surface area contributed by atoms with Crippen molar-refractivity contribution >= 4 is 17.5 Å². The molecule has 1 aliphatic heterocycles. The highest BCUT2D eigenvalue weighted by atomic mass is 16.6. The van der Waals surface area contributed by atoms with Gasteiger partial charge in [-0.1, -0.05) is 0 Å². The fourth-order valence-corrected chi connectivity index (χ4v) is 2.27. The van der Waals surface area contributed by atoms with Crippen LogP contribution in [0.25, 0.3) is 0 Å². The van der Waals surface area contributed by atoms with Gasteiger partial charge in [0.05, 0.1) is 4.92 Å². The molecule has 0 aliphatic carbocycles. The van der Waals surface area contributed by atoms with E-state index in [1.807, 2.05) is 4.90 Å². The normalized spacial score (nSPS) is 18.7. The first-order valence-electron chi connectivity index (χ1n) is 6.13. The van der Waals surface area contributed by atoms with Gasteiger partial charge in [-0.3, -0.25) is 10.1 Å². The molecule has 2 heterocycles. The fraction of sp³-hybridized carbons (Fsp3) is 0.636. The summed E-state index contributed by atoms with van der Waals surface area (Å²) in [6.45, 7) is 2.93.